The van der Waals surface area contributed by atoms with Gasteiger partial charge in [-0.05, 0) is 24.1 Å². The van der Waals surface area contributed by atoms with Crippen LogP contribution < -0.4 is 5.32 Å². The first-order chi connectivity index (χ1) is 10.1. The van der Waals surface area contributed by atoms with E-state index >= 15 is 0 Å². The Morgan fingerprint density at radius 2 is 1.86 bits per heavy atom. The predicted octanol–water partition coefficient (Wildman–Crippen LogP) is 4.20. The number of benzene rings is 2. The van der Waals surface area contributed by atoms with E-state index in [1.54, 1.807) is 11.8 Å². The summed E-state index contributed by atoms with van der Waals surface area (Å²) >= 11 is 7.65. The zero-order valence-electron chi connectivity index (χ0n) is 11.9. The minimum absolute atomic E-state index is 0.0487. The monoisotopic (exact) mass is 319 g/mol. The second kappa shape index (κ2) is 8.11. The van der Waals surface area contributed by atoms with E-state index in [2.05, 4.69) is 5.32 Å². The minimum Gasteiger partial charge on any atom is -0.351 e. The van der Waals surface area contributed by atoms with Crippen LogP contribution in [0.25, 0.3) is 0 Å². The van der Waals surface area contributed by atoms with Gasteiger partial charge in [0, 0.05) is 17.3 Å². The Balaban J connectivity index is 1.70. The molecule has 2 rings (SSSR count). The third-order valence-electron chi connectivity index (χ3n) is 3.06. The van der Waals surface area contributed by atoms with Gasteiger partial charge in [0.05, 0.1) is 5.75 Å². The van der Waals surface area contributed by atoms with Crippen molar-refractivity contribution in [3.8, 4) is 0 Å². The SMILES string of the molecule is Cc1ccc(CNC(=O)CSCc2ccccc2Cl)cc1. The Morgan fingerprint density at radius 1 is 1.14 bits per heavy atom. The lowest BCUT2D eigenvalue weighted by molar-refractivity contribution is -0.118. The molecule has 0 aliphatic carbocycles. The van der Waals surface area contributed by atoms with Gasteiger partial charge in [-0.15, -0.1) is 11.8 Å². The molecule has 2 aromatic rings. The molecule has 21 heavy (non-hydrogen) atoms. The van der Waals surface area contributed by atoms with E-state index in [1.807, 2.05) is 55.5 Å². The van der Waals surface area contributed by atoms with E-state index in [1.165, 1.54) is 5.56 Å². The fourth-order valence-electron chi connectivity index (χ4n) is 1.83. The molecule has 0 aromatic heterocycles. The fourth-order valence-corrected chi connectivity index (χ4v) is 2.97. The van der Waals surface area contributed by atoms with Gasteiger partial charge in [0.2, 0.25) is 5.91 Å². The summed E-state index contributed by atoms with van der Waals surface area (Å²) in [6.07, 6.45) is 0. The number of nitrogens with one attached hydrogen (secondary N) is 1. The number of aryl methyl sites for hydroxylation is 1. The van der Waals surface area contributed by atoms with E-state index in [0.717, 1.165) is 21.9 Å². The third kappa shape index (κ3) is 5.44. The Hall–Kier alpha value is -1.45. The molecule has 0 heterocycles. The molecule has 0 unspecified atom stereocenters. The van der Waals surface area contributed by atoms with Crippen molar-refractivity contribution in [2.45, 2.75) is 19.2 Å². The molecule has 2 aromatic carbocycles. The highest BCUT2D eigenvalue weighted by Crippen LogP contribution is 2.20. The first kappa shape index (κ1) is 15.9. The van der Waals surface area contributed by atoms with Crippen LogP contribution in [0, 0.1) is 6.92 Å². The average Bonchev–Trinajstić information content (AvgIpc) is 2.49. The Bertz CT molecular complexity index is 598. The summed E-state index contributed by atoms with van der Waals surface area (Å²) in [7, 11) is 0. The Labute approximate surface area is 134 Å². The van der Waals surface area contributed by atoms with Crippen LogP contribution in [0.5, 0.6) is 0 Å². The molecule has 1 N–H and O–H groups in total. The minimum atomic E-state index is 0.0487. The first-order valence-electron chi connectivity index (χ1n) is 6.78. The number of rotatable bonds is 6. The van der Waals surface area contributed by atoms with Gasteiger partial charge in [-0.1, -0.05) is 59.6 Å². The van der Waals surface area contributed by atoms with Crippen molar-refractivity contribution in [3.05, 3.63) is 70.2 Å². The summed E-state index contributed by atoms with van der Waals surface area (Å²) in [6, 6.07) is 15.9. The van der Waals surface area contributed by atoms with Gasteiger partial charge in [-0.2, -0.15) is 0 Å². The van der Waals surface area contributed by atoms with Crippen molar-refractivity contribution in [1.82, 2.24) is 5.32 Å². The lowest BCUT2D eigenvalue weighted by atomic mass is 10.1. The third-order valence-corrected chi connectivity index (χ3v) is 4.41. The van der Waals surface area contributed by atoms with Crippen LogP contribution in [0.15, 0.2) is 48.5 Å². The van der Waals surface area contributed by atoms with E-state index in [-0.39, 0.29) is 5.91 Å². The van der Waals surface area contributed by atoms with Crippen molar-refractivity contribution < 1.29 is 4.79 Å². The summed E-state index contributed by atoms with van der Waals surface area (Å²) in [5.74, 6) is 1.24. The van der Waals surface area contributed by atoms with Crippen molar-refractivity contribution in [2.75, 3.05) is 5.75 Å². The fraction of sp³-hybridized carbons (Fsp3) is 0.235. The number of hydrogen-bond donors (Lipinski definition) is 1. The maximum atomic E-state index is 11.8. The normalized spacial score (nSPS) is 10.4. The zero-order valence-corrected chi connectivity index (χ0v) is 13.5. The zero-order chi connectivity index (χ0) is 15.1. The highest BCUT2D eigenvalue weighted by atomic mass is 35.5. The van der Waals surface area contributed by atoms with E-state index in [9.17, 15) is 4.79 Å². The Morgan fingerprint density at radius 3 is 2.57 bits per heavy atom. The van der Waals surface area contributed by atoms with Gasteiger partial charge >= 0.3 is 0 Å². The lowest BCUT2D eigenvalue weighted by Gasteiger charge is -2.06. The number of halogens is 1. The molecule has 0 spiro atoms. The summed E-state index contributed by atoms with van der Waals surface area (Å²) in [4.78, 5) is 11.8. The highest BCUT2D eigenvalue weighted by Gasteiger charge is 2.04. The van der Waals surface area contributed by atoms with Crippen molar-refractivity contribution in [3.63, 3.8) is 0 Å². The van der Waals surface area contributed by atoms with E-state index < -0.39 is 0 Å². The van der Waals surface area contributed by atoms with Gasteiger partial charge < -0.3 is 5.32 Å². The molecule has 0 fully saturated rings. The molecule has 2 nitrogen and oxygen atoms in total. The smallest absolute Gasteiger partial charge is 0.230 e. The van der Waals surface area contributed by atoms with Crippen molar-refractivity contribution in [2.24, 2.45) is 0 Å². The van der Waals surface area contributed by atoms with Crippen LogP contribution in [0.3, 0.4) is 0 Å². The Kier molecular flexibility index (Phi) is 6.15. The molecule has 0 radical (unpaired) electrons. The first-order valence-corrected chi connectivity index (χ1v) is 8.32. The van der Waals surface area contributed by atoms with E-state index in [4.69, 9.17) is 11.6 Å². The van der Waals surface area contributed by atoms with Crippen LogP contribution in [0.1, 0.15) is 16.7 Å². The summed E-state index contributed by atoms with van der Waals surface area (Å²) in [5, 5.41) is 3.68. The maximum Gasteiger partial charge on any atom is 0.230 e. The maximum absolute atomic E-state index is 11.8. The molecule has 4 heteroatoms. The van der Waals surface area contributed by atoms with Crippen LogP contribution >= 0.6 is 23.4 Å². The standard InChI is InChI=1S/C17H18ClNOS/c1-13-6-8-14(9-7-13)10-19-17(20)12-21-11-15-4-2-3-5-16(15)18/h2-9H,10-12H2,1H3,(H,19,20). The molecule has 0 bridgehead atoms. The van der Waals surface area contributed by atoms with Gasteiger partial charge in [0.25, 0.3) is 0 Å². The summed E-state index contributed by atoms with van der Waals surface area (Å²) in [5.41, 5.74) is 3.40. The van der Waals surface area contributed by atoms with Crippen LogP contribution in [0.4, 0.5) is 0 Å². The van der Waals surface area contributed by atoms with Crippen LogP contribution in [-0.4, -0.2) is 11.7 Å². The molecule has 110 valence electrons. The summed E-state index contributed by atoms with van der Waals surface area (Å²) in [6.45, 7) is 2.62. The molecule has 0 saturated heterocycles. The predicted molar refractivity (Wildman–Crippen MR) is 90.6 cm³/mol. The van der Waals surface area contributed by atoms with E-state index in [0.29, 0.717) is 12.3 Å². The van der Waals surface area contributed by atoms with Crippen LogP contribution in [-0.2, 0) is 17.1 Å². The molecular weight excluding hydrogens is 302 g/mol. The second-order valence-corrected chi connectivity index (χ2v) is 6.24. The van der Waals surface area contributed by atoms with Gasteiger partial charge in [0.1, 0.15) is 0 Å². The second-order valence-electron chi connectivity index (χ2n) is 4.85. The van der Waals surface area contributed by atoms with Gasteiger partial charge in [0.15, 0.2) is 0 Å². The molecule has 0 aliphatic rings. The topological polar surface area (TPSA) is 29.1 Å². The molecule has 0 saturated carbocycles. The molecule has 0 atom stereocenters. The number of carbonyl (C=O) groups excluding carboxylic acids is 1. The van der Waals surface area contributed by atoms with Crippen molar-refractivity contribution >= 4 is 29.3 Å². The van der Waals surface area contributed by atoms with Crippen LogP contribution in [0.2, 0.25) is 5.02 Å². The molecular formula is C17H18ClNOS. The quantitative estimate of drug-likeness (QED) is 0.864. The molecule has 1 amide bonds. The molecule has 0 aliphatic heterocycles. The number of carbonyl (C=O) groups is 1. The average molecular weight is 320 g/mol. The van der Waals surface area contributed by atoms with Crippen molar-refractivity contribution in [1.29, 1.82) is 0 Å². The van der Waals surface area contributed by atoms with Gasteiger partial charge in [-0.3, -0.25) is 4.79 Å². The highest BCUT2D eigenvalue weighted by molar-refractivity contribution is 7.99. The number of thioether (sulfide) groups is 1. The summed E-state index contributed by atoms with van der Waals surface area (Å²) < 4.78 is 0. The van der Waals surface area contributed by atoms with Gasteiger partial charge in [-0.25, -0.2) is 0 Å². The lowest BCUT2D eigenvalue weighted by Crippen LogP contribution is -2.24. The number of amides is 1. The number of hydrogen-bond acceptors (Lipinski definition) is 2. The largest absolute Gasteiger partial charge is 0.351 e.